The molecule has 0 saturated carbocycles. The maximum absolute atomic E-state index is 12.3. The summed E-state index contributed by atoms with van der Waals surface area (Å²) in [5.74, 6) is 0. The van der Waals surface area contributed by atoms with Crippen LogP contribution in [0.25, 0.3) is 20.4 Å². The van der Waals surface area contributed by atoms with E-state index in [9.17, 15) is 9.90 Å². The molecule has 5 nitrogen and oxygen atoms in total. The third kappa shape index (κ3) is 2.02. The fourth-order valence-corrected chi connectivity index (χ4v) is 3.18. The Kier molecular flexibility index (Phi) is 2.83. The predicted octanol–water partition coefficient (Wildman–Crippen LogP) is 1.70. The van der Waals surface area contributed by atoms with E-state index in [4.69, 9.17) is 0 Å². The number of thiophene rings is 1. The fraction of sp³-hybridized carbons (Fsp3) is 0.308. The van der Waals surface area contributed by atoms with Crippen molar-refractivity contribution in [1.29, 1.82) is 0 Å². The van der Waals surface area contributed by atoms with Crippen LogP contribution in [-0.4, -0.2) is 25.7 Å². The van der Waals surface area contributed by atoms with Gasteiger partial charge in [-0.3, -0.25) is 9.36 Å². The monoisotopic (exact) mass is 275 g/mol. The van der Waals surface area contributed by atoms with Crippen LogP contribution in [0.1, 0.15) is 12.6 Å². The molecule has 6 heteroatoms. The van der Waals surface area contributed by atoms with Crippen LogP contribution in [0, 0.1) is 6.92 Å². The maximum atomic E-state index is 12.3. The second-order valence-electron chi connectivity index (χ2n) is 4.64. The second kappa shape index (κ2) is 4.40. The zero-order chi connectivity index (χ0) is 13.6. The zero-order valence-corrected chi connectivity index (χ0v) is 11.4. The van der Waals surface area contributed by atoms with E-state index in [-0.39, 0.29) is 12.1 Å². The lowest BCUT2D eigenvalue weighted by atomic mass is 10.3. The molecule has 0 aliphatic heterocycles. The Morgan fingerprint density at radius 1 is 1.47 bits per heavy atom. The molecule has 1 N–H and O–H groups in total. The lowest BCUT2D eigenvalue weighted by molar-refractivity contribution is 0.172. The minimum absolute atomic E-state index is 0.119. The van der Waals surface area contributed by atoms with E-state index in [0.29, 0.717) is 10.2 Å². The topological polar surface area (TPSA) is 68.0 Å². The molecule has 19 heavy (non-hydrogen) atoms. The summed E-state index contributed by atoms with van der Waals surface area (Å²) < 4.78 is 2.03. The van der Waals surface area contributed by atoms with Crippen molar-refractivity contribution in [3.8, 4) is 0 Å². The number of rotatable bonds is 2. The van der Waals surface area contributed by atoms with Gasteiger partial charge in [-0.1, -0.05) is 0 Å². The SMILES string of the molecule is Cc1ccc2c(n1)sc1c(=O)n(C[C@H](C)O)cnc12. The van der Waals surface area contributed by atoms with Crippen molar-refractivity contribution >= 4 is 31.8 Å². The molecule has 0 spiro atoms. The van der Waals surface area contributed by atoms with Gasteiger partial charge in [0.25, 0.3) is 5.56 Å². The van der Waals surface area contributed by atoms with Gasteiger partial charge in [-0.15, -0.1) is 11.3 Å². The van der Waals surface area contributed by atoms with Crippen molar-refractivity contribution in [2.45, 2.75) is 26.5 Å². The van der Waals surface area contributed by atoms with Crippen LogP contribution in [0.3, 0.4) is 0 Å². The van der Waals surface area contributed by atoms with Gasteiger partial charge in [0.05, 0.1) is 24.5 Å². The van der Waals surface area contributed by atoms with Crippen molar-refractivity contribution in [3.05, 3.63) is 34.5 Å². The molecule has 0 aliphatic carbocycles. The highest BCUT2D eigenvalue weighted by atomic mass is 32.1. The molecule has 3 heterocycles. The summed E-state index contributed by atoms with van der Waals surface area (Å²) >= 11 is 1.36. The fourth-order valence-electron chi connectivity index (χ4n) is 2.06. The van der Waals surface area contributed by atoms with Crippen molar-refractivity contribution < 1.29 is 5.11 Å². The average Bonchev–Trinajstić information content (AvgIpc) is 2.70. The van der Waals surface area contributed by atoms with Gasteiger partial charge in [0.1, 0.15) is 9.53 Å². The molecule has 0 unspecified atom stereocenters. The predicted molar refractivity (Wildman–Crippen MR) is 75.6 cm³/mol. The van der Waals surface area contributed by atoms with E-state index in [0.717, 1.165) is 15.9 Å². The van der Waals surface area contributed by atoms with Crippen LogP contribution in [0.4, 0.5) is 0 Å². The molecule has 0 bridgehead atoms. The van der Waals surface area contributed by atoms with E-state index >= 15 is 0 Å². The van der Waals surface area contributed by atoms with E-state index in [1.54, 1.807) is 6.92 Å². The lowest BCUT2D eigenvalue weighted by Crippen LogP contribution is -2.24. The third-order valence-electron chi connectivity index (χ3n) is 2.91. The van der Waals surface area contributed by atoms with Crippen molar-refractivity contribution in [3.63, 3.8) is 0 Å². The molecule has 98 valence electrons. The Labute approximate surface area is 113 Å². The Balaban J connectivity index is 2.32. The summed E-state index contributed by atoms with van der Waals surface area (Å²) in [6.07, 6.45) is 0.912. The molecule has 3 aromatic heterocycles. The second-order valence-corrected chi connectivity index (χ2v) is 5.64. The molecule has 0 amide bonds. The molecule has 0 saturated heterocycles. The summed E-state index contributed by atoms with van der Waals surface area (Å²) in [5.41, 5.74) is 1.49. The van der Waals surface area contributed by atoms with E-state index in [1.165, 1.54) is 22.2 Å². The largest absolute Gasteiger partial charge is 0.392 e. The highest BCUT2D eigenvalue weighted by Crippen LogP contribution is 2.28. The summed E-state index contributed by atoms with van der Waals surface area (Å²) in [6, 6.07) is 3.86. The van der Waals surface area contributed by atoms with Crippen LogP contribution in [0.2, 0.25) is 0 Å². The van der Waals surface area contributed by atoms with E-state index < -0.39 is 6.10 Å². The Bertz CT molecular complexity index is 820. The molecule has 3 aromatic rings. The first-order valence-corrected chi connectivity index (χ1v) is 6.81. The highest BCUT2D eigenvalue weighted by molar-refractivity contribution is 7.25. The third-order valence-corrected chi connectivity index (χ3v) is 3.99. The van der Waals surface area contributed by atoms with Crippen LogP contribution in [0.5, 0.6) is 0 Å². The summed E-state index contributed by atoms with van der Waals surface area (Å²) in [5, 5.41) is 10.3. The first kappa shape index (κ1) is 12.3. The standard InChI is InChI=1S/C13H13N3O2S/c1-7-3-4-9-10-11(19-12(9)15-7)13(18)16(6-14-10)5-8(2)17/h3-4,6,8,17H,5H2,1-2H3/t8-/m0/s1. The number of aliphatic hydroxyl groups is 1. The van der Waals surface area contributed by atoms with E-state index in [1.807, 2.05) is 19.1 Å². The molecule has 3 rings (SSSR count). The Morgan fingerprint density at radius 3 is 3.00 bits per heavy atom. The lowest BCUT2D eigenvalue weighted by Gasteiger charge is -2.06. The molecule has 0 fully saturated rings. The van der Waals surface area contributed by atoms with E-state index in [2.05, 4.69) is 9.97 Å². The first-order valence-electron chi connectivity index (χ1n) is 5.99. The molecule has 0 aromatic carbocycles. The number of aliphatic hydroxyl groups excluding tert-OH is 1. The number of nitrogens with zero attached hydrogens (tertiary/aromatic N) is 3. The van der Waals surface area contributed by atoms with Crippen LogP contribution in [-0.2, 0) is 6.54 Å². The van der Waals surface area contributed by atoms with Crippen molar-refractivity contribution in [2.24, 2.45) is 0 Å². The van der Waals surface area contributed by atoms with Gasteiger partial charge in [0.2, 0.25) is 0 Å². The minimum atomic E-state index is -0.577. The number of aromatic nitrogens is 3. The molecule has 0 aliphatic rings. The average molecular weight is 275 g/mol. The van der Waals surface area contributed by atoms with Gasteiger partial charge in [-0.2, -0.15) is 0 Å². The number of hydrogen-bond acceptors (Lipinski definition) is 5. The number of fused-ring (bicyclic) bond motifs is 3. The van der Waals surface area contributed by atoms with Gasteiger partial charge in [0, 0.05) is 11.1 Å². The summed E-state index contributed by atoms with van der Waals surface area (Å²) in [4.78, 5) is 21.9. The maximum Gasteiger partial charge on any atom is 0.271 e. The number of aryl methyl sites for hydroxylation is 1. The molecular formula is C13H13N3O2S. The first-order chi connectivity index (χ1) is 9.06. The van der Waals surface area contributed by atoms with Crippen molar-refractivity contribution in [1.82, 2.24) is 14.5 Å². The normalized spacial score (nSPS) is 13.2. The van der Waals surface area contributed by atoms with Crippen LogP contribution >= 0.6 is 11.3 Å². The quantitative estimate of drug-likeness (QED) is 0.773. The smallest absolute Gasteiger partial charge is 0.271 e. The van der Waals surface area contributed by atoms with Crippen molar-refractivity contribution in [2.75, 3.05) is 0 Å². The van der Waals surface area contributed by atoms with Gasteiger partial charge < -0.3 is 5.11 Å². The molecular weight excluding hydrogens is 262 g/mol. The van der Waals surface area contributed by atoms with Gasteiger partial charge >= 0.3 is 0 Å². The molecule has 1 atom stereocenters. The number of pyridine rings is 1. The van der Waals surface area contributed by atoms with Crippen LogP contribution < -0.4 is 5.56 Å². The van der Waals surface area contributed by atoms with Gasteiger partial charge in [-0.25, -0.2) is 9.97 Å². The van der Waals surface area contributed by atoms with Crippen LogP contribution in [0.15, 0.2) is 23.3 Å². The summed E-state index contributed by atoms with van der Waals surface area (Å²) in [7, 11) is 0. The number of hydrogen-bond donors (Lipinski definition) is 1. The minimum Gasteiger partial charge on any atom is -0.392 e. The highest BCUT2D eigenvalue weighted by Gasteiger charge is 2.13. The van der Waals surface area contributed by atoms with Gasteiger partial charge in [0.15, 0.2) is 0 Å². The Hall–Kier alpha value is -1.79. The zero-order valence-electron chi connectivity index (χ0n) is 10.6. The summed E-state index contributed by atoms with van der Waals surface area (Å²) in [6.45, 7) is 3.82. The van der Waals surface area contributed by atoms with Gasteiger partial charge in [-0.05, 0) is 26.0 Å². The molecule has 0 radical (unpaired) electrons. The Morgan fingerprint density at radius 2 is 2.26 bits per heavy atom.